The maximum absolute atomic E-state index is 4.30. The molecule has 2 atom stereocenters. The maximum atomic E-state index is 4.30. The van der Waals surface area contributed by atoms with E-state index < -0.39 is 0 Å². The Balaban J connectivity index is 2.03. The van der Waals surface area contributed by atoms with Crippen LogP contribution in [0.25, 0.3) is 5.57 Å². The number of allylic oxidation sites excluding steroid dienone is 3. The van der Waals surface area contributed by atoms with Crippen molar-refractivity contribution in [1.29, 1.82) is 0 Å². The fourth-order valence-corrected chi connectivity index (χ4v) is 2.92. The summed E-state index contributed by atoms with van der Waals surface area (Å²) in [6, 6.07) is 9.13. The molecule has 0 fully saturated rings. The van der Waals surface area contributed by atoms with Gasteiger partial charge in [-0.1, -0.05) is 60.2 Å². The summed E-state index contributed by atoms with van der Waals surface area (Å²) in [5.74, 6) is 0.575. The molecule has 0 aromatic heterocycles. The molecule has 1 aromatic rings. The van der Waals surface area contributed by atoms with Crippen molar-refractivity contribution in [2.24, 2.45) is 5.92 Å². The fraction of sp³-hybridized carbons (Fsp3) is 0.400. The van der Waals surface area contributed by atoms with Crippen molar-refractivity contribution in [2.45, 2.75) is 39.2 Å². The van der Waals surface area contributed by atoms with Crippen molar-refractivity contribution in [3.8, 4) is 0 Å². The van der Waals surface area contributed by atoms with Gasteiger partial charge in [-0.15, -0.1) is 0 Å². The van der Waals surface area contributed by atoms with E-state index in [0.717, 1.165) is 6.42 Å². The summed E-state index contributed by atoms with van der Waals surface area (Å²) in [7, 11) is 2.06. The molecule has 0 radical (unpaired) electrons. The van der Waals surface area contributed by atoms with Crippen LogP contribution in [0.5, 0.6) is 0 Å². The van der Waals surface area contributed by atoms with Crippen molar-refractivity contribution in [3.63, 3.8) is 0 Å². The van der Waals surface area contributed by atoms with E-state index in [1.54, 1.807) is 0 Å². The fourth-order valence-electron chi connectivity index (χ4n) is 2.92. The normalized spacial score (nSPS) is 19.8. The van der Waals surface area contributed by atoms with Crippen LogP contribution in [0.4, 0.5) is 0 Å². The van der Waals surface area contributed by atoms with Crippen LogP contribution in [0.3, 0.4) is 0 Å². The monoisotopic (exact) mass is 281 g/mol. The molecule has 1 aromatic carbocycles. The largest absolute Gasteiger partial charge is 0.316 e. The molecule has 1 heteroatoms. The Hall–Kier alpha value is -1.60. The molecule has 2 unspecified atom stereocenters. The van der Waals surface area contributed by atoms with Crippen LogP contribution in [0, 0.1) is 12.8 Å². The van der Waals surface area contributed by atoms with Gasteiger partial charge in [0.2, 0.25) is 0 Å². The Morgan fingerprint density at radius 3 is 2.67 bits per heavy atom. The van der Waals surface area contributed by atoms with Crippen LogP contribution in [-0.4, -0.2) is 13.1 Å². The molecule has 0 saturated carbocycles. The molecule has 0 amide bonds. The zero-order valence-corrected chi connectivity index (χ0v) is 13.5. The van der Waals surface area contributed by atoms with E-state index in [1.165, 1.54) is 35.1 Å². The molecule has 1 nitrogen and oxygen atoms in total. The highest BCUT2D eigenvalue weighted by Crippen LogP contribution is 2.26. The van der Waals surface area contributed by atoms with Crippen molar-refractivity contribution < 1.29 is 0 Å². The first kappa shape index (κ1) is 15.8. The topological polar surface area (TPSA) is 12.0 Å². The Morgan fingerprint density at radius 2 is 2.00 bits per heavy atom. The SMILES string of the molecule is C=C(CC(NC)C1C=CC(C)=CCC1)c1ccc(C)cc1. The summed E-state index contributed by atoms with van der Waals surface area (Å²) in [5, 5.41) is 3.49. The van der Waals surface area contributed by atoms with Crippen LogP contribution in [-0.2, 0) is 0 Å². The Kier molecular flexibility index (Phi) is 5.58. The van der Waals surface area contributed by atoms with Crippen LogP contribution in [0.2, 0.25) is 0 Å². The van der Waals surface area contributed by atoms with Crippen LogP contribution in [0.1, 0.15) is 37.3 Å². The number of rotatable bonds is 5. The van der Waals surface area contributed by atoms with E-state index in [9.17, 15) is 0 Å². The highest BCUT2D eigenvalue weighted by Gasteiger charge is 2.19. The van der Waals surface area contributed by atoms with Gasteiger partial charge in [-0.25, -0.2) is 0 Å². The smallest absolute Gasteiger partial charge is 0.0167 e. The van der Waals surface area contributed by atoms with Gasteiger partial charge in [0.15, 0.2) is 0 Å². The molecule has 2 rings (SSSR count). The van der Waals surface area contributed by atoms with Gasteiger partial charge in [0.25, 0.3) is 0 Å². The first-order valence-corrected chi connectivity index (χ1v) is 7.87. The van der Waals surface area contributed by atoms with Gasteiger partial charge in [0.05, 0.1) is 0 Å². The lowest BCUT2D eigenvalue weighted by atomic mass is 9.88. The minimum atomic E-state index is 0.453. The van der Waals surface area contributed by atoms with Crippen molar-refractivity contribution >= 4 is 5.57 Å². The molecular formula is C20H27N. The average Bonchev–Trinajstić information content (AvgIpc) is 2.70. The van der Waals surface area contributed by atoms with E-state index in [2.05, 4.69) is 75.3 Å². The van der Waals surface area contributed by atoms with Gasteiger partial charge in [-0.3, -0.25) is 0 Å². The first-order chi connectivity index (χ1) is 10.1. The quantitative estimate of drug-likeness (QED) is 0.809. The van der Waals surface area contributed by atoms with Crippen LogP contribution < -0.4 is 5.32 Å². The third kappa shape index (κ3) is 4.44. The summed E-state index contributed by atoms with van der Waals surface area (Å²) < 4.78 is 0. The minimum Gasteiger partial charge on any atom is -0.316 e. The van der Waals surface area contributed by atoms with E-state index in [0.29, 0.717) is 12.0 Å². The molecule has 0 bridgehead atoms. The molecule has 1 N–H and O–H groups in total. The standard InChI is InChI=1S/C20H27N/c1-15-6-5-7-19(13-10-15)20(21-4)14-17(3)18-11-8-16(2)9-12-18/h6,8-13,19-21H,3,5,7,14H2,1-2,4H3. The van der Waals surface area contributed by atoms with Gasteiger partial charge in [0.1, 0.15) is 0 Å². The number of benzene rings is 1. The Morgan fingerprint density at radius 1 is 1.29 bits per heavy atom. The van der Waals surface area contributed by atoms with Crippen LogP contribution >= 0.6 is 0 Å². The van der Waals surface area contributed by atoms with E-state index in [4.69, 9.17) is 0 Å². The van der Waals surface area contributed by atoms with Crippen molar-refractivity contribution in [1.82, 2.24) is 5.32 Å². The van der Waals surface area contributed by atoms with E-state index >= 15 is 0 Å². The highest BCUT2D eigenvalue weighted by atomic mass is 14.9. The van der Waals surface area contributed by atoms with Gasteiger partial charge in [-0.2, -0.15) is 0 Å². The molecule has 0 aliphatic heterocycles. The molecule has 112 valence electrons. The summed E-state index contributed by atoms with van der Waals surface area (Å²) in [4.78, 5) is 0. The molecule has 21 heavy (non-hydrogen) atoms. The predicted octanol–water partition coefficient (Wildman–Crippen LogP) is 4.90. The zero-order chi connectivity index (χ0) is 15.2. The molecule has 0 heterocycles. The van der Waals surface area contributed by atoms with E-state index in [1.807, 2.05) is 0 Å². The number of aryl methyl sites for hydroxylation is 1. The second-order valence-corrected chi connectivity index (χ2v) is 6.12. The lowest BCUT2D eigenvalue weighted by Gasteiger charge is -2.25. The molecule has 1 aliphatic carbocycles. The number of hydrogen-bond acceptors (Lipinski definition) is 1. The Bertz CT molecular complexity index is 533. The highest BCUT2D eigenvalue weighted by molar-refractivity contribution is 5.64. The van der Waals surface area contributed by atoms with Gasteiger partial charge >= 0.3 is 0 Å². The molecule has 1 aliphatic rings. The third-order valence-corrected chi connectivity index (χ3v) is 4.39. The van der Waals surface area contributed by atoms with Crippen LogP contribution in [0.15, 0.2) is 54.6 Å². The molecular weight excluding hydrogens is 254 g/mol. The Labute approximate surface area is 129 Å². The second-order valence-electron chi connectivity index (χ2n) is 6.12. The second kappa shape index (κ2) is 7.42. The third-order valence-electron chi connectivity index (χ3n) is 4.39. The minimum absolute atomic E-state index is 0.453. The number of nitrogens with one attached hydrogen (secondary N) is 1. The van der Waals surface area contributed by atoms with Crippen molar-refractivity contribution in [2.75, 3.05) is 7.05 Å². The molecule has 0 saturated heterocycles. The van der Waals surface area contributed by atoms with Gasteiger partial charge in [-0.05, 0) is 57.2 Å². The predicted molar refractivity (Wildman–Crippen MR) is 93.3 cm³/mol. The molecule has 0 spiro atoms. The van der Waals surface area contributed by atoms with Gasteiger partial charge < -0.3 is 5.32 Å². The first-order valence-electron chi connectivity index (χ1n) is 7.87. The average molecular weight is 281 g/mol. The van der Waals surface area contributed by atoms with Crippen molar-refractivity contribution in [3.05, 3.63) is 65.8 Å². The van der Waals surface area contributed by atoms with Gasteiger partial charge in [0, 0.05) is 6.04 Å². The number of hydrogen-bond donors (Lipinski definition) is 1. The summed E-state index contributed by atoms with van der Waals surface area (Å²) in [5.41, 5.74) is 5.15. The summed E-state index contributed by atoms with van der Waals surface area (Å²) >= 11 is 0. The van der Waals surface area contributed by atoms with E-state index in [-0.39, 0.29) is 0 Å². The lowest BCUT2D eigenvalue weighted by Crippen LogP contribution is -2.32. The summed E-state index contributed by atoms with van der Waals surface area (Å²) in [6.07, 6.45) is 10.3. The maximum Gasteiger partial charge on any atom is 0.0167 e. The lowest BCUT2D eigenvalue weighted by molar-refractivity contribution is 0.423. The summed E-state index contributed by atoms with van der Waals surface area (Å²) in [6.45, 7) is 8.60. The zero-order valence-electron chi connectivity index (χ0n) is 13.5.